The number of methoxy groups -OCH3 is 1. The minimum atomic E-state index is 0.326. The zero-order valence-electron chi connectivity index (χ0n) is 13.8. The lowest BCUT2D eigenvalue weighted by Gasteiger charge is -2.42. The van der Waals surface area contributed by atoms with Gasteiger partial charge in [-0.1, -0.05) is 27.7 Å². The molecule has 1 aliphatic heterocycles. The van der Waals surface area contributed by atoms with Crippen LogP contribution in [-0.2, 0) is 4.74 Å². The summed E-state index contributed by atoms with van der Waals surface area (Å²) in [5.41, 5.74) is 0. The second-order valence-corrected chi connectivity index (χ2v) is 7.02. The van der Waals surface area contributed by atoms with Gasteiger partial charge in [-0.15, -0.1) is 0 Å². The van der Waals surface area contributed by atoms with Crippen LogP contribution in [0.5, 0.6) is 0 Å². The first-order valence-corrected chi connectivity index (χ1v) is 7.92. The number of nitrogens with one attached hydrogen (secondary N) is 1. The maximum absolute atomic E-state index is 5.46. The summed E-state index contributed by atoms with van der Waals surface area (Å²) in [6.07, 6.45) is 2.87. The van der Waals surface area contributed by atoms with Gasteiger partial charge in [-0.25, -0.2) is 0 Å². The van der Waals surface area contributed by atoms with E-state index in [4.69, 9.17) is 4.74 Å². The van der Waals surface area contributed by atoms with Crippen molar-refractivity contribution in [2.24, 2.45) is 11.8 Å². The summed E-state index contributed by atoms with van der Waals surface area (Å²) in [4.78, 5) is 2.65. The van der Waals surface area contributed by atoms with Crippen LogP contribution >= 0.6 is 0 Å². The molecule has 1 saturated heterocycles. The maximum Gasteiger partial charge on any atom is 0.0670 e. The zero-order valence-corrected chi connectivity index (χ0v) is 13.8. The smallest absolute Gasteiger partial charge is 0.0670 e. The Morgan fingerprint density at radius 3 is 2.26 bits per heavy atom. The Balaban J connectivity index is 2.57. The molecule has 3 atom stereocenters. The number of hydrogen-bond donors (Lipinski definition) is 1. The van der Waals surface area contributed by atoms with Crippen LogP contribution in [0.3, 0.4) is 0 Å². The highest BCUT2D eigenvalue weighted by Gasteiger charge is 2.29. The fourth-order valence-electron chi connectivity index (χ4n) is 3.06. The normalized spacial score (nSPS) is 27.2. The van der Waals surface area contributed by atoms with Crippen molar-refractivity contribution in [2.45, 2.75) is 65.6 Å². The van der Waals surface area contributed by atoms with Crippen molar-refractivity contribution in [3.05, 3.63) is 0 Å². The minimum absolute atomic E-state index is 0.326. The molecular weight excluding hydrogens is 236 g/mol. The van der Waals surface area contributed by atoms with E-state index in [0.717, 1.165) is 24.9 Å². The van der Waals surface area contributed by atoms with E-state index in [1.807, 2.05) is 7.11 Å². The van der Waals surface area contributed by atoms with Gasteiger partial charge in [0.25, 0.3) is 0 Å². The lowest BCUT2D eigenvalue weighted by atomic mass is 9.95. The third-order valence-corrected chi connectivity index (χ3v) is 4.01. The Kier molecular flexibility index (Phi) is 7.33. The number of ether oxygens (including phenoxy) is 1. The van der Waals surface area contributed by atoms with Gasteiger partial charge in [0.1, 0.15) is 0 Å². The first-order chi connectivity index (χ1) is 8.92. The minimum Gasteiger partial charge on any atom is -0.380 e. The summed E-state index contributed by atoms with van der Waals surface area (Å²) in [6.45, 7) is 14.8. The Morgan fingerprint density at radius 1 is 1.11 bits per heavy atom. The van der Waals surface area contributed by atoms with Crippen LogP contribution < -0.4 is 5.32 Å². The summed E-state index contributed by atoms with van der Waals surface area (Å²) >= 11 is 0. The van der Waals surface area contributed by atoms with Gasteiger partial charge >= 0.3 is 0 Å². The fourth-order valence-corrected chi connectivity index (χ4v) is 3.06. The van der Waals surface area contributed by atoms with Crippen LogP contribution in [0.25, 0.3) is 0 Å². The van der Waals surface area contributed by atoms with E-state index in [2.05, 4.69) is 44.8 Å². The van der Waals surface area contributed by atoms with Crippen molar-refractivity contribution in [3.63, 3.8) is 0 Å². The number of hydrogen-bond acceptors (Lipinski definition) is 3. The number of nitrogens with zero attached hydrogens (tertiary/aromatic N) is 1. The lowest BCUT2D eigenvalue weighted by molar-refractivity contribution is 0.0332. The van der Waals surface area contributed by atoms with Crippen LogP contribution in [-0.4, -0.2) is 49.8 Å². The average Bonchev–Trinajstić information content (AvgIpc) is 2.31. The molecule has 19 heavy (non-hydrogen) atoms. The molecule has 0 spiro atoms. The number of rotatable bonds is 7. The molecule has 0 saturated carbocycles. The molecule has 3 nitrogen and oxygen atoms in total. The molecule has 0 amide bonds. The van der Waals surface area contributed by atoms with Gasteiger partial charge < -0.3 is 10.1 Å². The van der Waals surface area contributed by atoms with E-state index in [1.54, 1.807) is 0 Å². The van der Waals surface area contributed by atoms with Crippen molar-refractivity contribution in [3.8, 4) is 0 Å². The van der Waals surface area contributed by atoms with Crippen LogP contribution in [0.1, 0.15) is 47.5 Å². The molecule has 0 aromatic heterocycles. The van der Waals surface area contributed by atoms with Crippen LogP contribution in [0.4, 0.5) is 0 Å². The molecule has 1 aliphatic rings. The van der Waals surface area contributed by atoms with Gasteiger partial charge in [0.05, 0.1) is 6.10 Å². The van der Waals surface area contributed by atoms with Gasteiger partial charge in [0.15, 0.2) is 0 Å². The third-order valence-electron chi connectivity index (χ3n) is 4.01. The molecule has 0 aromatic carbocycles. The highest BCUT2D eigenvalue weighted by Crippen LogP contribution is 2.19. The van der Waals surface area contributed by atoms with Crippen molar-refractivity contribution in [1.82, 2.24) is 10.2 Å². The molecule has 0 aromatic rings. The Hall–Kier alpha value is -0.120. The van der Waals surface area contributed by atoms with Crippen molar-refractivity contribution >= 4 is 0 Å². The van der Waals surface area contributed by atoms with Crippen LogP contribution in [0, 0.1) is 11.8 Å². The van der Waals surface area contributed by atoms with Gasteiger partial charge in [-0.05, 0) is 31.6 Å². The van der Waals surface area contributed by atoms with Gasteiger partial charge in [-0.2, -0.15) is 0 Å². The summed E-state index contributed by atoms with van der Waals surface area (Å²) < 4.78 is 5.46. The third kappa shape index (κ3) is 6.24. The zero-order chi connectivity index (χ0) is 14.4. The maximum atomic E-state index is 5.46. The molecule has 0 bridgehead atoms. The van der Waals surface area contributed by atoms with Gasteiger partial charge in [0.2, 0.25) is 0 Å². The molecule has 114 valence electrons. The van der Waals surface area contributed by atoms with E-state index < -0.39 is 0 Å². The molecule has 3 heteroatoms. The molecule has 1 fully saturated rings. The van der Waals surface area contributed by atoms with Crippen LogP contribution in [0.2, 0.25) is 0 Å². The Morgan fingerprint density at radius 2 is 1.74 bits per heavy atom. The molecule has 3 unspecified atom stereocenters. The Labute approximate surface area is 120 Å². The highest BCUT2D eigenvalue weighted by molar-refractivity contribution is 4.87. The quantitative estimate of drug-likeness (QED) is 0.770. The predicted molar refractivity (Wildman–Crippen MR) is 82.5 cm³/mol. The monoisotopic (exact) mass is 270 g/mol. The van der Waals surface area contributed by atoms with E-state index >= 15 is 0 Å². The SMILES string of the molecule is COC(C)CN1CC(CC(C)C)NCC1CC(C)C. The molecule has 0 aliphatic carbocycles. The number of piperazine rings is 1. The summed E-state index contributed by atoms with van der Waals surface area (Å²) in [5, 5.41) is 3.74. The summed E-state index contributed by atoms with van der Waals surface area (Å²) in [7, 11) is 1.82. The summed E-state index contributed by atoms with van der Waals surface area (Å²) in [6, 6.07) is 1.31. The highest BCUT2D eigenvalue weighted by atomic mass is 16.5. The summed E-state index contributed by atoms with van der Waals surface area (Å²) in [5.74, 6) is 1.52. The topological polar surface area (TPSA) is 24.5 Å². The second kappa shape index (κ2) is 8.23. The lowest BCUT2D eigenvalue weighted by Crippen LogP contribution is -2.58. The van der Waals surface area contributed by atoms with Crippen LogP contribution in [0.15, 0.2) is 0 Å². The van der Waals surface area contributed by atoms with Gasteiger partial charge in [0, 0.05) is 38.8 Å². The fraction of sp³-hybridized carbons (Fsp3) is 1.00. The largest absolute Gasteiger partial charge is 0.380 e. The standard InChI is InChI=1S/C16H34N2O/c1-12(2)7-15-11-18(10-14(5)19-6)16(9-17-15)8-13(3)4/h12-17H,7-11H2,1-6H3. The predicted octanol–water partition coefficient (Wildman–Crippen LogP) is 2.76. The second-order valence-electron chi connectivity index (χ2n) is 7.02. The first kappa shape index (κ1) is 16.9. The van der Waals surface area contributed by atoms with Crippen molar-refractivity contribution < 1.29 is 4.74 Å². The van der Waals surface area contributed by atoms with Crippen molar-refractivity contribution in [1.29, 1.82) is 0 Å². The van der Waals surface area contributed by atoms with E-state index in [9.17, 15) is 0 Å². The molecule has 1 heterocycles. The first-order valence-electron chi connectivity index (χ1n) is 7.92. The molecule has 0 radical (unpaired) electrons. The average molecular weight is 270 g/mol. The molecular formula is C16H34N2O. The van der Waals surface area contributed by atoms with E-state index in [1.165, 1.54) is 19.4 Å². The molecule has 1 N–H and O–H groups in total. The van der Waals surface area contributed by atoms with Crippen molar-refractivity contribution in [2.75, 3.05) is 26.7 Å². The van der Waals surface area contributed by atoms with Gasteiger partial charge in [-0.3, -0.25) is 4.90 Å². The molecule has 1 rings (SSSR count). The Bertz CT molecular complexity index is 243. The van der Waals surface area contributed by atoms with E-state index in [-0.39, 0.29) is 0 Å². The van der Waals surface area contributed by atoms with E-state index in [0.29, 0.717) is 18.2 Å².